The smallest absolute Gasteiger partial charge is 0.0673 e. The molecule has 64 valence electrons. The predicted octanol–water partition coefficient (Wildman–Crippen LogP) is 0.760. The van der Waals surface area contributed by atoms with E-state index in [9.17, 15) is 5.11 Å². The molecule has 0 spiro atoms. The zero-order valence-corrected chi connectivity index (χ0v) is 7.14. The summed E-state index contributed by atoms with van der Waals surface area (Å²) in [6, 6.07) is 0. The minimum absolute atomic E-state index is 0.280. The van der Waals surface area contributed by atoms with Crippen LogP contribution in [-0.2, 0) is 0 Å². The standard InChI is InChI=1S/C9H17NO/c1-3-5-6-9(11)8-10-7-4-2/h1,9-11H,4-8H2,2H3. The van der Waals surface area contributed by atoms with Gasteiger partial charge in [0, 0.05) is 13.0 Å². The summed E-state index contributed by atoms with van der Waals surface area (Å²) in [5.74, 6) is 2.50. The molecule has 2 N–H and O–H groups in total. The Hall–Kier alpha value is -0.520. The van der Waals surface area contributed by atoms with Crippen LogP contribution in [0.25, 0.3) is 0 Å². The van der Waals surface area contributed by atoms with Gasteiger partial charge in [0.25, 0.3) is 0 Å². The van der Waals surface area contributed by atoms with Gasteiger partial charge in [-0.25, -0.2) is 0 Å². The fourth-order valence-corrected chi connectivity index (χ4v) is 0.797. The number of aliphatic hydroxyl groups excluding tert-OH is 1. The first-order valence-electron chi connectivity index (χ1n) is 4.13. The molecular formula is C9H17NO. The van der Waals surface area contributed by atoms with Crippen molar-refractivity contribution in [3.05, 3.63) is 0 Å². The lowest BCUT2D eigenvalue weighted by atomic mass is 10.2. The largest absolute Gasteiger partial charge is 0.392 e. The number of aliphatic hydroxyl groups is 1. The van der Waals surface area contributed by atoms with Crippen molar-refractivity contribution in [2.24, 2.45) is 0 Å². The molecule has 2 heteroatoms. The first-order chi connectivity index (χ1) is 5.31. The van der Waals surface area contributed by atoms with Crippen LogP contribution in [0.5, 0.6) is 0 Å². The van der Waals surface area contributed by atoms with E-state index in [4.69, 9.17) is 6.42 Å². The van der Waals surface area contributed by atoms with Gasteiger partial charge in [-0.3, -0.25) is 0 Å². The van der Waals surface area contributed by atoms with Gasteiger partial charge in [-0.15, -0.1) is 12.3 Å². The molecular weight excluding hydrogens is 138 g/mol. The summed E-state index contributed by atoms with van der Waals surface area (Å²) in [5.41, 5.74) is 0. The Morgan fingerprint density at radius 3 is 2.91 bits per heavy atom. The van der Waals surface area contributed by atoms with Gasteiger partial charge in [0.15, 0.2) is 0 Å². The van der Waals surface area contributed by atoms with Crippen molar-refractivity contribution in [3.63, 3.8) is 0 Å². The summed E-state index contributed by atoms with van der Waals surface area (Å²) >= 11 is 0. The molecule has 0 aromatic heterocycles. The van der Waals surface area contributed by atoms with E-state index in [-0.39, 0.29) is 6.10 Å². The molecule has 1 unspecified atom stereocenters. The van der Waals surface area contributed by atoms with E-state index in [1.165, 1.54) is 0 Å². The Morgan fingerprint density at radius 1 is 1.64 bits per heavy atom. The van der Waals surface area contributed by atoms with Crippen LogP contribution >= 0.6 is 0 Å². The van der Waals surface area contributed by atoms with Gasteiger partial charge >= 0.3 is 0 Å². The maximum Gasteiger partial charge on any atom is 0.0673 e. The molecule has 0 saturated carbocycles. The molecule has 0 aliphatic heterocycles. The Balaban J connectivity index is 3.10. The van der Waals surface area contributed by atoms with Gasteiger partial charge < -0.3 is 10.4 Å². The number of terminal acetylenes is 1. The van der Waals surface area contributed by atoms with E-state index in [2.05, 4.69) is 18.2 Å². The molecule has 0 aliphatic rings. The molecule has 0 radical (unpaired) electrons. The highest BCUT2D eigenvalue weighted by atomic mass is 16.3. The second-order valence-corrected chi connectivity index (χ2v) is 2.60. The summed E-state index contributed by atoms with van der Waals surface area (Å²) in [6.45, 7) is 3.73. The topological polar surface area (TPSA) is 32.3 Å². The third-order valence-electron chi connectivity index (χ3n) is 1.43. The lowest BCUT2D eigenvalue weighted by molar-refractivity contribution is 0.164. The normalized spacial score (nSPS) is 12.5. The lowest BCUT2D eigenvalue weighted by Crippen LogP contribution is -2.27. The average molecular weight is 155 g/mol. The van der Waals surface area contributed by atoms with Crippen molar-refractivity contribution in [1.29, 1.82) is 0 Å². The number of hydrogen-bond acceptors (Lipinski definition) is 2. The van der Waals surface area contributed by atoms with Crippen molar-refractivity contribution in [3.8, 4) is 12.3 Å². The molecule has 0 rings (SSSR count). The van der Waals surface area contributed by atoms with Crippen molar-refractivity contribution < 1.29 is 5.11 Å². The second-order valence-electron chi connectivity index (χ2n) is 2.60. The van der Waals surface area contributed by atoms with Gasteiger partial charge in [0.05, 0.1) is 6.10 Å². The maximum absolute atomic E-state index is 9.25. The predicted molar refractivity (Wildman–Crippen MR) is 47.2 cm³/mol. The number of rotatable bonds is 6. The Kier molecular flexibility index (Phi) is 7.23. The highest BCUT2D eigenvalue weighted by Gasteiger charge is 2.00. The lowest BCUT2D eigenvalue weighted by Gasteiger charge is -2.08. The summed E-state index contributed by atoms with van der Waals surface area (Å²) in [5, 5.41) is 12.4. The maximum atomic E-state index is 9.25. The van der Waals surface area contributed by atoms with Gasteiger partial charge in [-0.1, -0.05) is 6.92 Å². The molecule has 11 heavy (non-hydrogen) atoms. The number of nitrogens with one attached hydrogen (secondary N) is 1. The second kappa shape index (κ2) is 7.59. The molecule has 0 saturated heterocycles. The summed E-state index contributed by atoms with van der Waals surface area (Å²) in [4.78, 5) is 0. The molecule has 0 amide bonds. The molecule has 0 heterocycles. The van der Waals surface area contributed by atoms with Crippen LogP contribution in [-0.4, -0.2) is 24.3 Å². The summed E-state index contributed by atoms with van der Waals surface area (Å²) in [7, 11) is 0. The fourth-order valence-electron chi connectivity index (χ4n) is 0.797. The van der Waals surface area contributed by atoms with E-state index in [1.807, 2.05) is 0 Å². The van der Waals surface area contributed by atoms with Crippen LogP contribution < -0.4 is 5.32 Å². The van der Waals surface area contributed by atoms with Crippen LogP contribution in [0, 0.1) is 12.3 Å². The first kappa shape index (κ1) is 10.5. The molecule has 0 aliphatic carbocycles. The molecule has 0 fully saturated rings. The SMILES string of the molecule is C#CCCC(O)CNCCC. The van der Waals surface area contributed by atoms with Crippen molar-refractivity contribution in [2.45, 2.75) is 32.3 Å². The third kappa shape index (κ3) is 7.38. The van der Waals surface area contributed by atoms with Crippen molar-refractivity contribution in [2.75, 3.05) is 13.1 Å². The molecule has 1 atom stereocenters. The summed E-state index contributed by atoms with van der Waals surface area (Å²) < 4.78 is 0. The van der Waals surface area contributed by atoms with E-state index >= 15 is 0 Å². The van der Waals surface area contributed by atoms with Crippen molar-refractivity contribution >= 4 is 0 Å². The van der Waals surface area contributed by atoms with Gasteiger partial charge in [-0.05, 0) is 19.4 Å². The van der Waals surface area contributed by atoms with Gasteiger partial charge in [0.1, 0.15) is 0 Å². The molecule has 0 aromatic carbocycles. The monoisotopic (exact) mass is 155 g/mol. The third-order valence-corrected chi connectivity index (χ3v) is 1.43. The van der Waals surface area contributed by atoms with E-state index < -0.39 is 0 Å². The van der Waals surface area contributed by atoms with Crippen LogP contribution in [0.2, 0.25) is 0 Å². The van der Waals surface area contributed by atoms with Crippen molar-refractivity contribution in [1.82, 2.24) is 5.32 Å². The van der Waals surface area contributed by atoms with Crippen LogP contribution in [0.4, 0.5) is 0 Å². The Morgan fingerprint density at radius 2 is 2.36 bits per heavy atom. The first-order valence-corrected chi connectivity index (χ1v) is 4.13. The molecule has 0 aromatic rings. The molecule has 0 bridgehead atoms. The highest BCUT2D eigenvalue weighted by Crippen LogP contribution is 1.93. The zero-order valence-electron chi connectivity index (χ0n) is 7.14. The Labute approximate surface area is 69.0 Å². The van der Waals surface area contributed by atoms with E-state index in [1.54, 1.807) is 0 Å². The zero-order chi connectivity index (χ0) is 8.53. The summed E-state index contributed by atoms with van der Waals surface area (Å²) in [6.07, 6.45) is 7.23. The minimum atomic E-state index is -0.280. The van der Waals surface area contributed by atoms with Gasteiger partial charge in [0.2, 0.25) is 0 Å². The highest BCUT2D eigenvalue weighted by molar-refractivity contribution is 4.84. The molecule has 2 nitrogen and oxygen atoms in total. The number of hydrogen-bond donors (Lipinski definition) is 2. The van der Waals surface area contributed by atoms with Crippen LogP contribution in [0.1, 0.15) is 26.2 Å². The Bertz CT molecular complexity index is 117. The fraction of sp³-hybridized carbons (Fsp3) is 0.778. The van der Waals surface area contributed by atoms with Gasteiger partial charge in [-0.2, -0.15) is 0 Å². The quantitative estimate of drug-likeness (QED) is 0.438. The van der Waals surface area contributed by atoms with Crippen LogP contribution in [0.3, 0.4) is 0 Å². The van der Waals surface area contributed by atoms with Crippen LogP contribution in [0.15, 0.2) is 0 Å². The average Bonchev–Trinajstić information content (AvgIpc) is 2.01. The van der Waals surface area contributed by atoms with E-state index in [0.29, 0.717) is 19.4 Å². The minimum Gasteiger partial charge on any atom is -0.392 e. The van der Waals surface area contributed by atoms with E-state index in [0.717, 1.165) is 13.0 Å².